The first kappa shape index (κ1) is 23.4. The lowest BCUT2D eigenvalue weighted by molar-refractivity contribution is -0.138. The highest BCUT2D eigenvalue weighted by molar-refractivity contribution is 9.10. The number of nitrogens with zero attached hydrogens (tertiary/aromatic N) is 3. The van der Waals surface area contributed by atoms with Gasteiger partial charge in [-0.3, -0.25) is 14.6 Å². The molecule has 2 aromatic rings. The van der Waals surface area contributed by atoms with Crippen LogP contribution in [0.15, 0.2) is 64.0 Å². The summed E-state index contributed by atoms with van der Waals surface area (Å²) in [6.45, 7) is 4.33. The maximum atomic E-state index is 13.1. The highest BCUT2D eigenvalue weighted by Crippen LogP contribution is 2.29. The minimum absolute atomic E-state index is 0.0302. The molecule has 2 unspecified atom stereocenters. The van der Waals surface area contributed by atoms with Crippen LogP contribution in [-0.2, 0) is 21.4 Å². The molecule has 2 fully saturated rings. The van der Waals surface area contributed by atoms with E-state index in [4.69, 9.17) is 0 Å². The molecule has 2 atom stereocenters. The molecule has 4 rings (SSSR count). The number of hydrogen-bond acceptors (Lipinski definition) is 5. The summed E-state index contributed by atoms with van der Waals surface area (Å²) in [6, 6.07) is 17.2. The molecule has 2 aliphatic heterocycles. The quantitative estimate of drug-likeness (QED) is 0.603. The van der Waals surface area contributed by atoms with E-state index in [1.165, 1.54) is 9.87 Å². The molecular formula is C23H28BrN3O4S. The summed E-state index contributed by atoms with van der Waals surface area (Å²) in [5.74, 6) is -0.751. The number of aliphatic carboxylic acids is 1. The van der Waals surface area contributed by atoms with Crippen LogP contribution >= 0.6 is 15.9 Å². The van der Waals surface area contributed by atoms with Gasteiger partial charge in [-0.05, 0) is 39.5 Å². The molecule has 2 heterocycles. The molecule has 2 aliphatic rings. The highest BCUT2D eigenvalue weighted by Gasteiger charge is 2.40. The lowest BCUT2D eigenvalue weighted by atomic mass is 9.98. The second-order valence-corrected chi connectivity index (χ2v) is 11.2. The van der Waals surface area contributed by atoms with Gasteiger partial charge in [-0.15, -0.1) is 0 Å². The summed E-state index contributed by atoms with van der Waals surface area (Å²) in [4.78, 5) is 16.4. The van der Waals surface area contributed by atoms with Crippen molar-refractivity contribution >= 4 is 31.9 Å². The number of halogens is 1. The van der Waals surface area contributed by atoms with E-state index in [9.17, 15) is 18.3 Å². The number of carboxylic acid groups (broad SMARTS) is 1. The fourth-order valence-electron chi connectivity index (χ4n) is 4.82. The van der Waals surface area contributed by atoms with Gasteiger partial charge < -0.3 is 5.11 Å². The second-order valence-electron chi connectivity index (χ2n) is 8.48. The lowest BCUT2D eigenvalue weighted by Crippen LogP contribution is -2.54. The van der Waals surface area contributed by atoms with Crippen LogP contribution in [0, 0.1) is 5.92 Å². The van der Waals surface area contributed by atoms with Crippen LogP contribution in [-0.4, -0.2) is 78.9 Å². The highest BCUT2D eigenvalue weighted by atomic mass is 79.9. The zero-order valence-electron chi connectivity index (χ0n) is 17.8. The summed E-state index contributed by atoms with van der Waals surface area (Å²) < 4.78 is 28.3. The van der Waals surface area contributed by atoms with Crippen LogP contribution in [0.25, 0.3) is 0 Å². The van der Waals surface area contributed by atoms with Crippen molar-refractivity contribution in [2.75, 3.05) is 39.3 Å². The Bertz CT molecular complexity index is 1040. The van der Waals surface area contributed by atoms with Gasteiger partial charge in [0.2, 0.25) is 10.0 Å². The zero-order chi connectivity index (χ0) is 22.7. The van der Waals surface area contributed by atoms with Gasteiger partial charge in [0.15, 0.2) is 0 Å². The average molecular weight is 522 g/mol. The van der Waals surface area contributed by atoms with Gasteiger partial charge in [0.25, 0.3) is 0 Å². The largest absolute Gasteiger partial charge is 0.481 e. The van der Waals surface area contributed by atoms with Crippen molar-refractivity contribution in [3.63, 3.8) is 0 Å². The van der Waals surface area contributed by atoms with Gasteiger partial charge >= 0.3 is 5.97 Å². The molecule has 2 saturated heterocycles. The number of sulfonamides is 1. The van der Waals surface area contributed by atoms with Crippen LogP contribution in [0.5, 0.6) is 0 Å². The summed E-state index contributed by atoms with van der Waals surface area (Å²) in [7, 11) is -3.57. The molecule has 0 saturated carbocycles. The first-order valence-corrected chi connectivity index (χ1v) is 13.0. The fourth-order valence-corrected chi connectivity index (χ4v) is 7.20. The molecular weight excluding hydrogens is 494 g/mol. The van der Waals surface area contributed by atoms with Crippen LogP contribution < -0.4 is 0 Å². The lowest BCUT2D eigenvalue weighted by Gasteiger charge is -2.39. The van der Waals surface area contributed by atoms with Crippen molar-refractivity contribution in [2.45, 2.75) is 23.9 Å². The Morgan fingerprint density at radius 2 is 1.62 bits per heavy atom. The smallest absolute Gasteiger partial charge is 0.303 e. The molecule has 0 radical (unpaired) electrons. The second kappa shape index (κ2) is 10.0. The predicted octanol–water partition coefficient (Wildman–Crippen LogP) is 2.73. The van der Waals surface area contributed by atoms with Crippen molar-refractivity contribution in [3.05, 3.63) is 64.6 Å². The maximum absolute atomic E-state index is 13.1. The van der Waals surface area contributed by atoms with Crippen LogP contribution in [0.1, 0.15) is 12.0 Å². The van der Waals surface area contributed by atoms with Crippen molar-refractivity contribution in [2.24, 2.45) is 5.92 Å². The molecule has 9 heteroatoms. The normalized spacial score (nSPS) is 23.4. The fraction of sp³-hybridized carbons (Fsp3) is 0.435. The van der Waals surface area contributed by atoms with Crippen molar-refractivity contribution in [3.8, 4) is 0 Å². The van der Waals surface area contributed by atoms with E-state index in [2.05, 4.69) is 37.9 Å². The Morgan fingerprint density at radius 3 is 2.28 bits per heavy atom. The minimum Gasteiger partial charge on any atom is -0.481 e. The molecule has 1 N–H and O–H groups in total. The van der Waals surface area contributed by atoms with Crippen LogP contribution in [0.3, 0.4) is 0 Å². The Balaban J connectivity index is 1.42. The van der Waals surface area contributed by atoms with Gasteiger partial charge in [0, 0.05) is 56.3 Å². The number of likely N-dealkylation sites (tertiary alicyclic amines) is 1. The van der Waals surface area contributed by atoms with E-state index in [0.29, 0.717) is 30.7 Å². The van der Waals surface area contributed by atoms with Gasteiger partial charge in [-0.2, -0.15) is 4.31 Å². The average Bonchev–Trinajstić information content (AvgIpc) is 3.16. The van der Waals surface area contributed by atoms with Gasteiger partial charge in [-0.25, -0.2) is 8.42 Å². The molecule has 172 valence electrons. The number of piperazine rings is 1. The number of hydrogen-bond donors (Lipinski definition) is 1. The Morgan fingerprint density at radius 1 is 0.969 bits per heavy atom. The number of rotatable bonds is 7. The standard InChI is InChI=1S/C23H28BrN3O4S/c24-20-8-4-5-9-22(20)32(30,31)27-12-10-26(11-13-27)21-17-25(16-19(21)14-23(28)29)15-18-6-2-1-3-7-18/h1-9,19,21H,10-17H2,(H,28,29). The Kier molecular flexibility index (Phi) is 7.31. The molecule has 0 spiro atoms. The Labute approximate surface area is 197 Å². The molecule has 32 heavy (non-hydrogen) atoms. The first-order valence-electron chi connectivity index (χ1n) is 10.8. The zero-order valence-corrected chi connectivity index (χ0v) is 20.2. The van der Waals surface area contributed by atoms with Gasteiger partial charge in [0.1, 0.15) is 0 Å². The van der Waals surface area contributed by atoms with Gasteiger partial charge in [0.05, 0.1) is 11.3 Å². The summed E-state index contributed by atoms with van der Waals surface area (Å²) >= 11 is 3.35. The number of benzene rings is 2. The van der Waals surface area contributed by atoms with Crippen LogP contribution in [0.2, 0.25) is 0 Å². The Hall–Kier alpha value is -1.78. The van der Waals surface area contributed by atoms with Crippen molar-refractivity contribution < 1.29 is 18.3 Å². The SMILES string of the molecule is O=C(O)CC1CN(Cc2ccccc2)CC1N1CCN(S(=O)(=O)c2ccccc2Br)CC1. The van der Waals surface area contributed by atoms with Gasteiger partial charge in [-0.1, -0.05) is 42.5 Å². The molecule has 0 bridgehead atoms. The summed E-state index contributed by atoms with van der Waals surface area (Å²) in [5, 5.41) is 9.44. The van der Waals surface area contributed by atoms with E-state index >= 15 is 0 Å². The molecule has 2 aromatic carbocycles. The van der Waals surface area contributed by atoms with Crippen molar-refractivity contribution in [1.29, 1.82) is 0 Å². The van der Waals surface area contributed by atoms with Crippen LogP contribution in [0.4, 0.5) is 0 Å². The third-order valence-corrected chi connectivity index (χ3v) is 9.28. The maximum Gasteiger partial charge on any atom is 0.303 e. The van der Waals surface area contributed by atoms with E-state index in [1.807, 2.05) is 18.2 Å². The van der Waals surface area contributed by atoms with E-state index in [1.54, 1.807) is 24.3 Å². The third-order valence-electron chi connectivity index (χ3n) is 6.36. The first-order chi connectivity index (χ1) is 15.3. The molecule has 7 nitrogen and oxygen atoms in total. The molecule has 0 aromatic heterocycles. The minimum atomic E-state index is -3.57. The topological polar surface area (TPSA) is 81.2 Å². The molecule has 0 amide bonds. The van der Waals surface area contributed by atoms with E-state index in [-0.39, 0.29) is 23.3 Å². The number of carboxylic acids is 1. The predicted molar refractivity (Wildman–Crippen MR) is 126 cm³/mol. The monoisotopic (exact) mass is 521 g/mol. The van der Waals surface area contributed by atoms with Crippen molar-refractivity contribution in [1.82, 2.24) is 14.1 Å². The third kappa shape index (κ3) is 5.23. The summed E-state index contributed by atoms with van der Waals surface area (Å²) in [5.41, 5.74) is 1.21. The molecule has 0 aliphatic carbocycles. The van der Waals surface area contributed by atoms with E-state index in [0.717, 1.165) is 19.6 Å². The van der Waals surface area contributed by atoms with E-state index < -0.39 is 16.0 Å². The summed E-state index contributed by atoms with van der Waals surface area (Å²) in [6.07, 6.45) is 0.130. The number of carbonyl (C=O) groups is 1.